The molecule has 2 amide bonds. The number of nitrogens with zero attached hydrogens (tertiary/aromatic N) is 3. The van der Waals surface area contributed by atoms with Crippen molar-refractivity contribution in [2.24, 2.45) is 0 Å². The van der Waals surface area contributed by atoms with Crippen molar-refractivity contribution in [3.63, 3.8) is 0 Å². The van der Waals surface area contributed by atoms with E-state index in [-0.39, 0.29) is 24.2 Å². The Morgan fingerprint density at radius 2 is 2.18 bits per heavy atom. The Kier molecular flexibility index (Phi) is 4.44. The van der Waals surface area contributed by atoms with Crippen LogP contribution in [0.4, 0.5) is 5.95 Å². The van der Waals surface area contributed by atoms with Gasteiger partial charge in [0.2, 0.25) is 17.7 Å². The second-order valence-corrected chi connectivity index (χ2v) is 3.32. The normalized spacial score (nSPS) is 10.0. The molecule has 0 radical (unpaired) electrons. The van der Waals surface area contributed by atoms with Crippen molar-refractivity contribution in [3.05, 3.63) is 5.82 Å². The average molecular weight is 240 g/mol. The van der Waals surface area contributed by atoms with Crippen LogP contribution >= 0.6 is 0 Å². The van der Waals surface area contributed by atoms with Crippen molar-refractivity contribution >= 4 is 17.8 Å². The fourth-order valence-electron chi connectivity index (χ4n) is 1.27. The summed E-state index contributed by atoms with van der Waals surface area (Å²) in [7, 11) is 0. The Morgan fingerprint density at radius 3 is 2.65 bits per heavy atom. The summed E-state index contributed by atoms with van der Waals surface area (Å²) in [6.45, 7) is 4.50. The van der Waals surface area contributed by atoms with E-state index in [2.05, 4.69) is 20.5 Å². The minimum absolute atomic E-state index is 0.00223. The summed E-state index contributed by atoms with van der Waals surface area (Å²) in [5.41, 5.74) is 5.30. The number of hydrogen-bond acceptors (Lipinski definition) is 5. The molecular formula is C9H16N6O2. The maximum atomic E-state index is 11.9. The number of nitrogen functional groups attached to an aromatic ring is 1. The minimum atomic E-state index is -0.400. The van der Waals surface area contributed by atoms with Crippen molar-refractivity contribution in [3.8, 4) is 0 Å². The van der Waals surface area contributed by atoms with Crippen molar-refractivity contribution in [2.45, 2.75) is 13.8 Å². The minimum Gasteiger partial charge on any atom is -0.366 e. The molecular weight excluding hydrogens is 224 g/mol. The number of carbonyl (C=O) groups is 2. The molecule has 1 heterocycles. The largest absolute Gasteiger partial charge is 0.366 e. The van der Waals surface area contributed by atoms with Crippen molar-refractivity contribution < 1.29 is 9.59 Å². The van der Waals surface area contributed by atoms with Gasteiger partial charge in [0.05, 0.1) is 6.54 Å². The average Bonchev–Trinajstić information content (AvgIpc) is 2.72. The SMILES string of the molecule is CCNC(=O)CN(CC)C(=O)c1nc(N)n[nH]1. The first kappa shape index (κ1) is 12.9. The highest BCUT2D eigenvalue weighted by molar-refractivity contribution is 5.93. The number of aromatic amines is 1. The second kappa shape index (κ2) is 5.83. The van der Waals surface area contributed by atoms with Crippen molar-refractivity contribution in [1.29, 1.82) is 0 Å². The number of hydrogen-bond donors (Lipinski definition) is 3. The van der Waals surface area contributed by atoms with Crippen LogP contribution in [0.15, 0.2) is 0 Å². The molecule has 8 nitrogen and oxygen atoms in total. The van der Waals surface area contributed by atoms with Crippen LogP contribution in [-0.4, -0.2) is 51.5 Å². The molecule has 0 saturated carbocycles. The van der Waals surface area contributed by atoms with Crippen LogP contribution in [0.3, 0.4) is 0 Å². The van der Waals surface area contributed by atoms with Gasteiger partial charge in [-0.05, 0) is 13.8 Å². The van der Waals surface area contributed by atoms with E-state index in [1.165, 1.54) is 4.90 Å². The molecule has 0 aromatic carbocycles. The third-order valence-corrected chi connectivity index (χ3v) is 2.08. The summed E-state index contributed by atoms with van der Waals surface area (Å²) in [5, 5.41) is 8.60. The van der Waals surface area contributed by atoms with Gasteiger partial charge in [-0.1, -0.05) is 0 Å². The van der Waals surface area contributed by atoms with E-state index in [9.17, 15) is 9.59 Å². The summed E-state index contributed by atoms with van der Waals surface area (Å²) in [6.07, 6.45) is 0. The van der Waals surface area contributed by atoms with Gasteiger partial charge in [0.25, 0.3) is 5.91 Å². The van der Waals surface area contributed by atoms with Gasteiger partial charge in [0, 0.05) is 13.1 Å². The van der Waals surface area contributed by atoms with E-state index in [1.54, 1.807) is 6.92 Å². The zero-order valence-electron chi connectivity index (χ0n) is 9.86. The molecule has 1 rings (SSSR count). The number of H-pyrrole nitrogens is 1. The van der Waals surface area contributed by atoms with E-state index in [0.29, 0.717) is 13.1 Å². The number of nitrogens with two attached hydrogens (primary N) is 1. The molecule has 4 N–H and O–H groups in total. The van der Waals surface area contributed by atoms with E-state index >= 15 is 0 Å². The van der Waals surface area contributed by atoms with E-state index in [0.717, 1.165) is 0 Å². The van der Waals surface area contributed by atoms with Gasteiger partial charge >= 0.3 is 0 Å². The summed E-state index contributed by atoms with van der Waals surface area (Å²) in [5.74, 6) is -0.575. The Labute approximate surface area is 98.6 Å². The lowest BCUT2D eigenvalue weighted by Gasteiger charge is -2.18. The predicted molar refractivity (Wildman–Crippen MR) is 61.1 cm³/mol. The first-order chi connectivity index (χ1) is 8.08. The van der Waals surface area contributed by atoms with Gasteiger partial charge in [0.1, 0.15) is 0 Å². The van der Waals surface area contributed by atoms with Crippen LogP contribution in [0, 0.1) is 0 Å². The van der Waals surface area contributed by atoms with E-state index in [4.69, 9.17) is 5.73 Å². The molecule has 0 aliphatic rings. The fraction of sp³-hybridized carbons (Fsp3) is 0.556. The lowest BCUT2D eigenvalue weighted by molar-refractivity contribution is -0.121. The smallest absolute Gasteiger partial charge is 0.291 e. The number of aromatic nitrogens is 3. The quantitative estimate of drug-likeness (QED) is 0.609. The van der Waals surface area contributed by atoms with E-state index in [1.807, 2.05) is 6.92 Å². The maximum Gasteiger partial charge on any atom is 0.291 e. The second-order valence-electron chi connectivity index (χ2n) is 3.32. The standard InChI is InChI=1S/C9H16N6O2/c1-3-11-6(16)5-15(4-2)8(17)7-12-9(10)14-13-7/h3-5H2,1-2H3,(H,11,16)(H3,10,12,13,14). The topological polar surface area (TPSA) is 117 Å². The van der Waals surface area contributed by atoms with Crippen LogP contribution in [0.1, 0.15) is 24.5 Å². The third-order valence-electron chi connectivity index (χ3n) is 2.08. The number of likely N-dealkylation sites (N-methyl/N-ethyl adjacent to an activating group) is 2. The predicted octanol–water partition coefficient (Wildman–Crippen LogP) is -1.01. The van der Waals surface area contributed by atoms with Crippen LogP contribution in [0.25, 0.3) is 0 Å². The lowest BCUT2D eigenvalue weighted by Crippen LogP contribution is -2.40. The van der Waals surface area contributed by atoms with Crippen LogP contribution in [0.5, 0.6) is 0 Å². The van der Waals surface area contributed by atoms with E-state index < -0.39 is 5.91 Å². The highest BCUT2D eigenvalue weighted by Gasteiger charge is 2.20. The zero-order chi connectivity index (χ0) is 12.8. The molecule has 8 heteroatoms. The Bertz CT molecular complexity index is 402. The van der Waals surface area contributed by atoms with Crippen molar-refractivity contribution in [1.82, 2.24) is 25.4 Å². The molecule has 0 bridgehead atoms. The summed E-state index contributed by atoms with van der Waals surface area (Å²) in [6, 6.07) is 0. The number of rotatable bonds is 5. The van der Waals surface area contributed by atoms with Gasteiger partial charge < -0.3 is 16.0 Å². The molecule has 0 spiro atoms. The summed E-state index contributed by atoms with van der Waals surface area (Å²) in [4.78, 5) is 28.3. The fourth-order valence-corrected chi connectivity index (χ4v) is 1.27. The van der Waals surface area contributed by atoms with Gasteiger partial charge in [0.15, 0.2) is 0 Å². The molecule has 0 aliphatic carbocycles. The molecule has 17 heavy (non-hydrogen) atoms. The van der Waals surface area contributed by atoms with Crippen LogP contribution in [-0.2, 0) is 4.79 Å². The molecule has 0 fully saturated rings. The molecule has 0 unspecified atom stereocenters. The number of carbonyl (C=O) groups excluding carboxylic acids is 2. The Balaban J connectivity index is 2.67. The molecule has 0 atom stereocenters. The summed E-state index contributed by atoms with van der Waals surface area (Å²) < 4.78 is 0. The number of nitrogens with one attached hydrogen (secondary N) is 2. The summed E-state index contributed by atoms with van der Waals surface area (Å²) >= 11 is 0. The highest BCUT2D eigenvalue weighted by Crippen LogP contribution is 2.00. The molecule has 94 valence electrons. The van der Waals surface area contributed by atoms with Crippen LogP contribution in [0.2, 0.25) is 0 Å². The van der Waals surface area contributed by atoms with Gasteiger partial charge in [-0.25, -0.2) is 0 Å². The Hall–Kier alpha value is -2.12. The highest BCUT2D eigenvalue weighted by atomic mass is 16.2. The molecule has 0 aliphatic heterocycles. The first-order valence-electron chi connectivity index (χ1n) is 5.32. The lowest BCUT2D eigenvalue weighted by atomic mass is 10.4. The zero-order valence-corrected chi connectivity index (χ0v) is 9.86. The van der Waals surface area contributed by atoms with Gasteiger partial charge in [-0.3, -0.25) is 14.7 Å². The maximum absolute atomic E-state index is 11.9. The Morgan fingerprint density at radius 1 is 1.47 bits per heavy atom. The van der Waals surface area contributed by atoms with Crippen LogP contribution < -0.4 is 11.1 Å². The number of anilines is 1. The first-order valence-corrected chi connectivity index (χ1v) is 5.32. The third kappa shape index (κ3) is 3.44. The van der Waals surface area contributed by atoms with Gasteiger partial charge in [-0.2, -0.15) is 4.98 Å². The van der Waals surface area contributed by atoms with Crippen molar-refractivity contribution in [2.75, 3.05) is 25.4 Å². The number of amides is 2. The monoisotopic (exact) mass is 240 g/mol. The van der Waals surface area contributed by atoms with Gasteiger partial charge in [-0.15, -0.1) is 5.10 Å². The molecule has 1 aromatic heterocycles. The molecule has 1 aromatic rings. The molecule has 0 saturated heterocycles.